The van der Waals surface area contributed by atoms with Crippen LogP contribution in [-0.4, -0.2) is 23.3 Å². The van der Waals surface area contributed by atoms with Crippen LogP contribution in [0.5, 0.6) is 0 Å². The molecule has 1 saturated carbocycles. The van der Waals surface area contributed by atoms with Crippen molar-refractivity contribution >= 4 is 0 Å². The Morgan fingerprint density at radius 3 is 2.74 bits per heavy atom. The van der Waals surface area contributed by atoms with Crippen LogP contribution in [0.2, 0.25) is 0 Å². The Morgan fingerprint density at radius 1 is 1.32 bits per heavy atom. The summed E-state index contributed by atoms with van der Waals surface area (Å²) in [6, 6.07) is 0. The molecule has 0 bridgehead atoms. The van der Waals surface area contributed by atoms with Gasteiger partial charge in [0.15, 0.2) is 0 Å². The summed E-state index contributed by atoms with van der Waals surface area (Å²) in [5.41, 5.74) is 5.92. The van der Waals surface area contributed by atoms with Crippen molar-refractivity contribution in [3.8, 4) is 0 Å². The Balaban J connectivity index is 1.79. The van der Waals surface area contributed by atoms with Crippen molar-refractivity contribution in [3.63, 3.8) is 0 Å². The number of rotatable bonds is 3. The molecule has 2 fully saturated rings. The predicted molar refractivity (Wildman–Crippen MR) is 70.6 cm³/mol. The van der Waals surface area contributed by atoms with Gasteiger partial charge in [-0.25, -0.2) is 0 Å². The first kappa shape index (κ1) is 13.1. The molecule has 0 aromatic carbocycles. The molecule has 2 aliphatic rings. The van der Waals surface area contributed by atoms with Gasteiger partial charge in [-0.2, -0.15) is 4.98 Å². The third-order valence-electron chi connectivity index (χ3n) is 4.74. The second-order valence-corrected chi connectivity index (χ2v) is 6.13. The Labute approximate surface area is 113 Å². The molecular formula is C14H23N3O2. The zero-order valence-corrected chi connectivity index (χ0v) is 11.6. The summed E-state index contributed by atoms with van der Waals surface area (Å²) in [4.78, 5) is 4.60. The highest BCUT2D eigenvalue weighted by Gasteiger charge is 2.40. The van der Waals surface area contributed by atoms with Gasteiger partial charge in [-0.15, -0.1) is 0 Å². The molecule has 106 valence electrons. The van der Waals surface area contributed by atoms with Crippen molar-refractivity contribution in [2.45, 2.75) is 57.0 Å². The summed E-state index contributed by atoms with van der Waals surface area (Å²) >= 11 is 0. The molecular weight excluding hydrogens is 242 g/mol. The van der Waals surface area contributed by atoms with Crippen LogP contribution in [0.4, 0.5) is 0 Å². The molecule has 2 N–H and O–H groups in total. The van der Waals surface area contributed by atoms with Crippen LogP contribution in [-0.2, 0) is 10.2 Å². The van der Waals surface area contributed by atoms with E-state index in [2.05, 4.69) is 17.1 Å². The van der Waals surface area contributed by atoms with E-state index in [1.54, 1.807) is 0 Å². The molecule has 1 aliphatic heterocycles. The quantitative estimate of drug-likeness (QED) is 0.908. The van der Waals surface area contributed by atoms with Crippen molar-refractivity contribution in [3.05, 3.63) is 11.7 Å². The first-order chi connectivity index (χ1) is 9.23. The second kappa shape index (κ2) is 5.21. The summed E-state index contributed by atoms with van der Waals surface area (Å²) < 4.78 is 11.1. The van der Waals surface area contributed by atoms with Gasteiger partial charge >= 0.3 is 0 Å². The van der Waals surface area contributed by atoms with Crippen molar-refractivity contribution in [1.29, 1.82) is 0 Å². The molecule has 0 amide bonds. The fourth-order valence-corrected chi connectivity index (χ4v) is 3.18. The molecule has 3 rings (SSSR count). The minimum atomic E-state index is -0.101. The van der Waals surface area contributed by atoms with Crippen LogP contribution in [0.25, 0.3) is 0 Å². The Kier molecular flexibility index (Phi) is 3.58. The predicted octanol–water partition coefficient (Wildman–Crippen LogP) is 2.33. The number of nitrogens with two attached hydrogens (primary N) is 1. The van der Waals surface area contributed by atoms with Gasteiger partial charge in [0, 0.05) is 13.2 Å². The summed E-state index contributed by atoms with van der Waals surface area (Å²) in [6.07, 6.45) is 6.58. The van der Waals surface area contributed by atoms with Crippen LogP contribution in [0.3, 0.4) is 0 Å². The number of hydrogen-bond donors (Lipinski definition) is 1. The average molecular weight is 265 g/mol. The van der Waals surface area contributed by atoms with Gasteiger partial charge in [-0.05, 0) is 44.4 Å². The molecule has 1 aromatic heterocycles. The van der Waals surface area contributed by atoms with Crippen LogP contribution in [0.1, 0.15) is 63.3 Å². The van der Waals surface area contributed by atoms with Crippen LogP contribution in [0.15, 0.2) is 4.52 Å². The molecule has 5 nitrogen and oxygen atoms in total. The molecule has 5 heteroatoms. The summed E-state index contributed by atoms with van der Waals surface area (Å²) in [5, 5.41) is 4.12. The zero-order valence-electron chi connectivity index (χ0n) is 11.6. The van der Waals surface area contributed by atoms with E-state index in [1.165, 1.54) is 12.8 Å². The van der Waals surface area contributed by atoms with Crippen molar-refractivity contribution in [2.24, 2.45) is 11.7 Å². The fraction of sp³-hybridized carbons (Fsp3) is 0.857. The van der Waals surface area contributed by atoms with Gasteiger partial charge in [0.1, 0.15) is 6.10 Å². The molecule has 1 saturated heterocycles. The fourth-order valence-electron chi connectivity index (χ4n) is 3.18. The van der Waals surface area contributed by atoms with Gasteiger partial charge in [-0.1, -0.05) is 12.1 Å². The highest BCUT2D eigenvalue weighted by atomic mass is 16.5. The smallest absolute Gasteiger partial charge is 0.234 e. The Morgan fingerprint density at radius 2 is 2.11 bits per heavy atom. The van der Waals surface area contributed by atoms with E-state index in [1.807, 2.05) is 0 Å². The van der Waals surface area contributed by atoms with Crippen molar-refractivity contribution < 1.29 is 9.26 Å². The van der Waals surface area contributed by atoms with Crippen molar-refractivity contribution in [1.82, 2.24) is 10.1 Å². The monoisotopic (exact) mass is 265 g/mol. The standard InChI is InChI=1S/C14H23N3O2/c1-10-4-6-14(9-15,7-5-10)13-16-12(17-19-13)11-3-2-8-18-11/h10-11H,2-9,15H2,1H3. The lowest BCUT2D eigenvalue weighted by atomic mass is 9.71. The van der Waals surface area contributed by atoms with Crippen molar-refractivity contribution in [2.75, 3.05) is 13.2 Å². The van der Waals surface area contributed by atoms with E-state index >= 15 is 0 Å². The number of hydrogen-bond acceptors (Lipinski definition) is 5. The van der Waals surface area contributed by atoms with E-state index in [9.17, 15) is 0 Å². The third-order valence-corrected chi connectivity index (χ3v) is 4.74. The first-order valence-electron chi connectivity index (χ1n) is 7.39. The maximum atomic E-state index is 6.02. The maximum absolute atomic E-state index is 6.02. The number of ether oxygens (including phenoxy) is 1. The topological polar surface area (TPSA) is 74.2 Å². The molecule has 19 heavy (non-hydrogen) atoms. The molecule has 0 spiro atoms. The number of aromatic nitrogens is 2. The molecule has 1 aliphatic carbocycles. The normalized spacial score (nSPS) is 35.7. The third kappa shape index (κ3) is 2.41. The minimum absolute atomic E-state index is 0.0230. The van der Waals surface area contributed by atoms with Gasteiger partial charge < -0.3 is 15.0 Å². The molecule has 1 aromatic rings. The van der Waals surface area contributed by atoms with Gasteiger partial charge in [0.05, 0.1) is 5.41 Å². The summed E-state index contributed by atoms with van der Waals surface area (Å²) in [7, 11) is 0. The average Bonchev–Trinajstić information content (AvgIpc) is 3.11. The maximum Gasteiger partial charge on any atom is 0.234 e. The second-order valence-electron chi connectivity index (χ2n) is 6.13. The lowest BCUT2D eigenvalue weighted by Gasteiger charge is -2.35. The van der Waals surface area contributed by atoms with E-state index in [-0.39, 0.29) is 11.5 Å². The first-order valence-corrected chi connectivity index (χ1v) is 7.39. The van der Waals surface area contributed by atoms with E-state index < -0.39 is 0 Å². The highest BCUT2D eigenvalue weighted by Crippen LogP contribution is 2.40. The van der Waals surface area contributed by atoms with Crippen LogP contribution >= 0.6 is 0 Å². The largest absolute Gasteiger partial charge is 0.370 e. The molecule has 0 radical (unpaired) electrons. The summed E-state index contributed by atoms with van der Waals surface area (Å²) in [6.45, 7) is 3.69. The van der Waals surface area contributed by atoms with Gasteiger partial charge in [0.2, 0.25) is 11.7 Å². The molecule has 1 unspecified atom stereocenters. The highest BCUT2D eigenvalue weighted by molar-refractivity contribution is 5.09. The van der Waals surface area contributed by atoms with E-state index in [4.69, 9.17) is 15.0 Å². The van der Waals surface area contributed by atoms with Crippen LogP contribution in [0, 0.1) is 5.92 Å². The van der Waals surface area contributed by atoms with Gasteiger partial charge in [-0.3, -0.25) is 0 Å². The zero-order chi connectivity index (χ0) is 13.3. The van der Waals surface area contributed by atoms with Crippen LogP contribution < -0.4 is 5.73 Å². The minimum Gasteiger partial charge on any atom is -0.370 e. The van der Waals surface area contributed by atoms with E-state index in [0.29, 0.717) is 12.4 Å². The lowest BCUT2D eigenvalue weighted by molar-refractivity contribution is 0.103. The Hall–Kier alpha value is -0.940. The van der Waals surface area contributed by atoms with Gasteiger partial charge in [0.25, 0.3) is 0 Å². The molecule has 1 atom stereocenters. The summed E-state index contributed by atoms with van der Waals surface area (Å²) in [5.74, 6) is 2.21. The SMILES string of the molecule is CC1CCC(CN)(c2nc(C3CCCO3)no2)CC1. The number of nitrogens with zero attached hydrogens (tertiary/aromatic N) is 2. The van der Waals surface area contributed by atoms with E-state index in [0.717, 1.165) is 44.1 Å². The molecule has 2 heterocycles. The Bertz CT molecular complexity index is 418. The lowest BCUT2D eigenvalue weighted by Crippen LogP contribution is -2.39.